The van der Waals surface area contributed by atoms with E-state index in [2.05, 4.69) is 12.2 Å². The Hall–Kier alpha value is -2.53. The number of unbranched alkanes of at least 4 members (excludes halogenated alkanes) is 1. The van der Waals surface area contributed by atoms with Crippen LogP contribution >= 0.6 is 11.6 Å². The molecular weight excluding hydrogens is 412 g/mol. The third-order valence-corrected chi connectivity index (χ3v) is 5.85. The SMILES string of the molecule is CCCCNC(=O)[C@H](C)N(CCc1ccccc1)C(=O)COc1cc(C)c(Cl)c(C)c1. The molecule has 31 heavy (non-hydrogen) atoms. The lowest BCUT2D eigenvalue weighted by molar-refractivity contribution is -0.141. The van der Waals surface area contributed by atoms with Crippen molar-refractivity contribution >= 4 is 23.4 Å². The Kier molecular flexibility index (Phi) is 9.86. The Morgan fingerprint density at radius 1 is 1.13 bits per heavy atom. The molecule has 168 valence electrons. The van der Waals surface area contributed by atoms with E-state index in [1.165, 1.54) is 0 Å². The zero-order valence-electron chi connectivity index (χ0n) is 18.9. The molecule has 2 rings (SSSR count). The molecule has 0 saturated carbocycles. The monoisotopic (exact) mass is 444 g/mol. The van der Waals surface area contributed by atoms with Crippen molar-refractivity contribution in [3.05, 3.63) is 64.2 Å². The fourth-order valence-corrected chi connectivity index (χ4v) is 3.43. The van der Waals surface area contributed by atoms with Crippen LogP contribution in [0.5, 0.6) is 5.75 Å². The van der Waals surface area contributed by atoms with Gasteiger partial charge >= 0.3 is 0 Å². The summed E-state index contributed by atoms with van der Waals surface area (Å²) in [5.74, 6) is 0.225. The topological polar surface area (TPSA) is 58.6 Å². The molecule has 0 saturated heterocycles. The van der Waals surface area contributed by atoms with Gasteiger partial charge in [-0.3, -0.25) is 9.59 Å². The van der Waals surface area contributed by atoms with Gasteiger partial charge in [-0.1, -0.05) is 55.3 Å². The van der Waals surface area contributed by atoms with Crippen molar-refractivity contribution in [3.63, 3.8) is 0 Å². The van der Waals surface area contributed by atoms with E-state index in [1.54, 1.807) is 11.8 Å². The standard InChI is InChI=1S/C25H33ClN2O3/c1-5-6-13-27-25(30)20(4)28(14-12-21-10-8-7-9-11-21)23(29)17-31-22-15-18(2)24(26)19(3)16-22/h7-11,15-16,20H,5-6,12-14,17H2,1-4H3,(H,27,30)/t20-/m0/s1. The molecule has 0 aliphatic rings. The fourth-order valence-electron chi connectivity index (χ4n) is 3.32. The molecule has 5 nitrogen and oxygen atoms in total. The largest absolute Gasteiger partial charge is 0.484 e. The number of carbonyl (C=O) groups excluding carboxylic acids is 2. The second-order valence-electron chi connectivity index (χ2n) is 7.80. The van der Waals surface area contributed by atoms with E-state index in [9.17, 15) is 9.59 Å². The van der Waals surface area contributed by atoms with Crippen LogP contribution < -0.4 is 10.1 Å². The molecule has 6 heteroatoms. The summed E-state index contributed by atoms with van der Waals surface area (Å²) in [4.78, 5) is 27.3. The Morgan fingerprint density at radius 2 is 1.77 bits per heavy atom. The minimum Gasteiger partial charge on any atom is -0.484 e. The van der Waals surface area contributed by atoms with Gasteiger partial charge in [-0.05, 0) is 62.4 Å². The van der Waals surface area contributed by atoms with Gasteiger partial charge in [0.1, 0.15) is 11.8 Å². The van der Waals surface area contributed by atoms with Gasteiger partial charge in [0.25, 0.3) is 5.91 Å². The smallest absolute Gasteiger partial charge is 0.261 e. The summed E-state index contributed by atoms with van der Waals surface area (Å²) in [7, 11) is 0. The first-order valence-electron chi connectivity index (χ1n) is 10.8. The van der Waals surface area contributed by atoms with Gasteiger partial charge in [-0.25, -0.2) is 0 Å². The average molecular weight is 445 g/mol. The number of halogens is 1. The maximum atomic E-state index is 13.0. The van der Waals surface area contributed by atoms with E-state index < -0.39 is 6.04 Å². The summed E-state index contributed by atoms with van der Waals surface area (Å²) in [5.41, 5.74) is 2.91. The lowest BCUT2D eigenvalue weighted by Gasteiger charge is -2.28. The second-order valence-corrected chi connectivity index (χ2v) is 8.18. The number of nitrogens with zero attached hydrogens (tertiary/aromatic N) is 1. The third-order valence-electron chi connectivity index (χ3n) is 5.25. The molecule has 0 unspecified atom stereocenters. The van der Waals surface area contributed by atoms with E-state index >= 15 is 0 Å². The average Bonchev–Trinajstić information content (AvgIpc) is 2.76. The van der Waals surface area contributed by atoms with E-state index in [1.807, 2.05) is 56.3 Å². The molecule has 0 radical (unpaired) electrons. The van der Waals surface area contributed by atoms with Crippen molar-refractivity contribution < 1.29 is 14.3 Å². The van der Waals surface area contributed by atoms with Crippen LogP contribution in [0.3, 0.4) is 0 Å². The van der Waals surface area contributed by atoms with Crippen LogP contribution in [0.2, 0.25) is 5.02 Å². The Bertz CT molecular complexity index is 847. The number of hydrogen-bond acceptors (Lipinski definition) is 3. The molecule has 1 N–H and O–H groups in total. The van der Waals surface area contributed by atoms with Crippen LogP contribution in [0.25, 0.3) is 0 Å². The van der Waals surface area contributed by atoms with Crippen molar-refractivity contribution in [1.29, 1.82) is 0 Å². The Labute approximate surface area is 190 Å². The lowest BCUT2D eigenvalue weighted by Crippen LogP contribution is -2.50. The fraction of sp³-hybridized carbons (Fsp3) is 0.440. The number of amides is 2. The van der Waals surface area contributed by atoms with Gasteiger partial charge in [-0.15, -0.1) is 0 Å². The van der Waals surface area contributed by atoms with Crippen LogP contribution in [0.15, 0.2) is 42.5 Å². The molecule has 1 atom stereocenters. The van der Waals surface area contributed by atoms with E-state index in [0.29, 0.717) is 30.3 Å². The molecule has 2 aromatic carbocycles. The molecule has 0 aliphatic carbocycles. The first kappa shape index (κ1) is 24.7. The van der Waals surface area contributed by atoms with Crippen molar-refractivity contribution in [2.45, 2.75) is 53.0 Å². The van der Waals surface area contributed by atoms with Crippen LogP contribution in [0, 0.1) is 13.8 Å². The van der Waals surface area contributed by atoms with Gasteiger partial charge in [-0.2, -0.15) is 0 Å². The van der Waals surface area contributed by atoms with Crippen LogP contribution in [0.1, 0.15) is 43.4 Å². The predicted molar refractivity (Wildman–Crippen MR) is 126 cm³/mol. The first-order valence-corrected chi connectivity index (χ1v) is 11.2. The molecule has 0 heterocycles. The van der Waals surface area contributed by atoms with Gasteiger partial charge in [0.05, 0.1) is 0 Å². The second kappa shape index (κ2) is 12.4. The zero-order chi connectivity index (χ0) is 22.8. The minimum atomic E-state index is -0.578. The predicted octanol–water partition coefficient (Wildman–Crippen LogP) is 4.71. The van der Waals surface area contributed by atoms with E-state index in [0.717, 1.165) is 29.5 Å². The van der Waals surface area contributed by atoms with Crippen molar-refractivity contribution in [2.75, 3.05) is 19.7 Å². The molecule has 0 aliphatic heterocycles. The molecule has 0 spiro atoms. The lowest BCUT2D eigenvalue weighted by atomic mass is 10.1. The highest BCUT2D eigenvalue weighted by atomic mass is 35.5. The maximum Gasteiger partial charge on any atom is 0.261 e. The van der Waals surface area contributed by atoms with E-state index in [-0.39, 0.29) is 18.4 Å². The minimum absolute atomic E-state index is 0.137. The van der Waals surface area contributed by atoms with Crippen LogP contribution in [-0.2, 0) is 16.0 Å². The summed E-state index contributed by atoms with van der Waals surface area (Å²) in [6.07, 6.45) is 2.58. The summed E-state index contributed by atoms with van der Waals surface area (Å²) in [5, 5.41) is 3.62. The highest BCUT2D eigenvalue weighted by Crippen LogP contribution is 2.25. The van der Waals surface area contributed by atoms with Crippen molar-refractivity contribution in [2.24, 2.45) is 0 Å². The van der Waals surface area contributed by atoms with E-state index in [4.69, 9.17) is 16.3 Å². The number of aryl methyl sites for hydroxylation is 2. The number of nitrogens with one attached hydrogen (secondary N) is 1. The van der Waals surface area contributed by atoms with Crippen molar-refractivity contribution in [1.82, 2.24) is 10.2 Å². The molecule has 0 bridgehead atoms. The quantitative estimate of drug-likeness (QED) is 0.510. The van der Waals surface area contributed by atoms with Gasteiger partial charge in [0, 0.05) is 18.1 Å². The van der Waals surface area contributed by atoms with Crippen LogP contribution in [-0.4, -0.2) is 42.5 Å². The Morgan fingerprint density at radius 3 is 2.39 bits per heavy atom. The third kappa shape index (κ3) is 7.59. The highest BCUT2D eigenvalue weighted by molar-refractivity contribution is 6.32. The van der Waals surface area contributed by atoms with Gasteiger partial charge < -0.3 is 15.0 Å². The summed E-state index contributed by atoms with van der Waals surface area (Å²) >= 11 is 6.22. The molecule has 0 aromatic heterocycles. The number of benzene rings is 2. The van der Waals surface area contributed by atoms with Crippen LogP contribution in [0.4, 0.5) is 0 Å². The molecule has 2 amide bonds. The highest BCUT2D eigenvalue weighted by Gasteiger charge is 2.26. The number of carbonyl (C=O) groups is 2. The summed E-state index contributed by atoms with van der Waals surface area (Å²) < 4.78 is 5.76. The molecular formula is C25H33ClN2O3. The number of hydrogen-bond donors (Lipinski definition) is 1. The zero-order valence-corrected chi connectivity index (χ0v) is 19.7. The number of rotatable bonds is 11. The van der Waals surface area contributed by atoms with Gasteiger partial charge in [0.15, 0.2) is 6.61 Å². The van der Waals surface area contributed by atoms with Crippen molar-refractivity contribution in [3.8, 4) is 5.75 Å². The number of ether oxygens (including phenoxy) is 1. The Balaban J connectivity index is 2.08. The normalized spacial score (nSPS) is 11.6. The maximum absolute atomic E-state index is 13.0. The molecule has 0 fully saturated rings. The summed E-state index contributed by atoms with van der Waals surface area (Å²) in [6.45, 7) is 8.55. The first-order chi connectivity index (χ1) is 14.8. The summed E-state index contributed by atoms with van der Waals surface area (Å²) in [6, 6.07) is 13.0. The molecule has 2 aromatic rings. The van der Waals surface area contributed by atoms with Gasteiger partial charge in [0.2, 0.25) is 5.91 Å².